The van der Waals surface area contributed by atoms with E-state index in [1.807, 2.05) is 24.3 Å². The van der Waals surface area contributed by atoms with Crippen LogP contribution >= 0.6 is 0 Å². The summed E-state index contributed by atoms with van der Waals surface area (Å²) in [5.74, 6) is 0.134. The Bertz CT molecular complexity index is 768. The summed E-state index contributed by atoms with van der Waals surface area (Å²) >= 11 is 0. The topological polar surface area (TPSA) is 84.9 Å². The minimum Gasteiger partial charge on any atom is -0.496 e. The highest BCUT2D eigenvalue weighted by atomic mass is 16.5. The van der Waals surface area contributed by atoms with Gasteiger partial charge in [-0.15, -0.1) is 0 Å². The number of nitrogens with one attached hydrogen (secondary N) is 1. The molecular weight excluding hydrogens is 334 g/mol. The van der Waals surface area contributed by atoms with Gasteiger partial charge in [0.1, 0.15) is 17.1 Å². The third-order valence-corrected chi connectivity index (χ3v) is 3.59. The average Bonchev–Trinajstić information content (AvgIpc) is 2.60. The lowest BCUT2D eigenvalue weighted by atomic mass is 10.1. The standard InChI is InChI=1S/C20H23NO5/c1-13(2)12-26-16-7-4-14(5-8-16)10-19(22)21-15-6-9-17(20(23)24)18(11-15)25-3/h4-9,11,13H,10,12H2,1-3H3,(H,21,22)(H,23,24). The molecule has 2 aromatic carbocycles. The Morgan fingerprint density at radius 3 is 2.38 bits per heavy atom. The molecule has 0 radical (unpaired) electrons. The van der Waals surface area contributed by atoms with Crippen LogP contribution in [0.15, 0.2) is 42.5 Å². The monoisotopic (exact) mass is 357 g/mol. The molecule has 6 heteroatoms. The predicted molar refractivity (Wildman–Crippen MR) is 99.1 cm³/mol. The quantitative estimate of drug-likeness (QED) is 0.754. The number of hydrogen-bond donors (Lipinski definition) is 2. The van der Waals surface area contributed by atoms with Gasteiger partial charge >= 0.3 is 5.97 Å². The number of anilines is 1. The highest BCUT2D eigenvalue weighted by Crippen LogP contribution is 2.23. The molecule has 2 N–H and O–H groups in total. The second kappa shape index (κ2) is 8.89. The molecule has 2 aromatic rings. The van der Waals surface area contributed by atoms with E-state index in [2.05, 4.69) is 19.2 Å². The van der Waals surface area contributed by atoms with Gasteiger partial charge in [0.15, 0.2) is 0 Å². The van der Waals surface area contributed by atoms with Gasteiger partial charge in [0.05, 0.1) is 20.1 Å². The smallest absolute Gasteiger partial charge is 0.339 e. The van der Waals surface area contributed by atoms with E-state index in [1.165, 1.54) is 25.3 Å². The van der Waals surface area contributed by atoms with Crippen LogP contribution in [0.5, 0.6) is 11.5 Å². The van der Waals surface area contributed by atoms with Crippen LogP contribution in [0.4, 0.5) is 5.69 Å². The van der Waals surface area contributed by atoms with Gasteiger partial charge < -0.3 is 19.9 Å². The van der Waals surface area contributed by atoms with E-state index >= 15 is 0 Å². The molecule has 0 saturated heterocycles. The van der Waals surface area contributed by atoms with Crippen LogP contribution in [0, 0.1) is 5.92 Å². The number of rotatable bonds is 8. The number of benzene rings is 2. The van der Waals surface area contributed by atoms with E-state index in [0.717, 1.165) is 11.3 Å². The molecule has 0 atom stereocenters. The molecule has 138 valence electrons. The first-order valence-corrected chi connectivity index (χ1v) is 8.32. The molecule has 0 heterocycles. The Hall–Kier alpha value is -3.02. The average molecular weight is 357 g/mol. The number of aromatic carboxylic acids is 1. The summed E-state index contributed by atoms with van der Waals surface area (Å²) < 4.78 is 10.7. The first-order valence-electron chi connectivity index (χ1n) is 8.32. The fourth-order valence-electron chi connectivity index (χ4n) is 2.30. The van der Waals surface area contributed by atoms with Gasteiger partial charge in [0.2, 0.25) is 5.91 Å². The van der Waals surface area contributed by atoms with E-state index in [-0.39, 0.29) is 23.6 Å². The van der Waals surface area contributed by atoms with Gasteiger partial charge in [-0.25, -0.2) is 4.79 Å². The van der Waals surface area contributed by atoms with E-state index in [1.54, 1.807) is 0 Å². The lowest BCUT2D eigenvalue weighted by molar-refractivity contribution is -0.115. The SMILES string of the molecule is COc1cc(NC(=O)Cc2ccc(OCC(C)C)cc2)ccc1C(=O)O. The summed E-state index contributed by atoms with van der Waals surface area (Å²) in [6.45, 7) is 4.81. The fourth-order valence-corrected chi connectivity index (χ4v) is 2.30. The largest absolute Gasteiger partial charge is 0.496 e. The van der Waals surface area contributed by atoms with Crippen LogP contribution in [0.1, 0.15) is 29.8 Å². The second-order valence-corrected chi connectivity index (χ2v) is 6.29. The number of carbonyl (C=O) groups excluding carboxylic acids is 1. The molecule has 26 heavy (non-hydrogen) atoms. The van der Waals surface area contributed by atoms with E-state index in [4.69, 9.17) is 14.6 Å². The van der Waals surface area contributed by atoms with Crippen molar-refractivity contribution in [2.75, 3.05) is 19.0 Å². The number of methoxy groups -OCH3 is 1. The molecule has 0 aromatic heterocycles. The lowest BCUT2D eigenvalue weighted by Gasteiger charge is -2.10. The molecule has 0 bridgehead atoms. The lowest BCUT2D eigenvalue weighted by Crippen LogP contribution is -2.14. The van der Waals surface area contributed by atoms with Crippen molar-refractivity contribution in [1.29, 1.82) is 0 Å². The summed E-state index contributed by atoms with van der Waals surface area (Å²) in [7, 11) is 1.39. The zero-order valence-corrected chi connectivity index (χ0v) is 15.1. The Kier molecular flexibility index (Phi) is 6.60. The molecule has 0 unspecified atom stereocenters. The molecule has 0 aliphatic heterocycles. The van der Waals surface area contributed by atoms with Crippen molar-refractivity contribution in [2.24, 2.45) is 5.92 Å². The third kappa shape index (κ3) is 5.51. The molecule has 0 fully saturated rings. The molecule has 2 rings (SSSR count). The van der Waals surface area contributed by atoms with Crippen LogP contribution < -0.4 is 14.8 Å². The van der Waals surface area contributed by atoms with Crippen molar-refractivity contribution in [3.05, 3.63) is 53.6 Å². The van der Waals surface area contributed by atoms with Crippen LogP contribution in [0.2, 0.25) is 0 Å². The predicted octanol–water partition coefficient (Wildman–Crippen LogP) is 3.61. The Morgan fingerprint density at radius 2 is 1.81 bits per heavy atom. The molecule has 6 nitrogen and oxygen atoms in total. The van der Waals surface area contributed by atoms with E-state index in [9.17, 15) is 9.59 Å². The van der Waals surface area contributed by atoms with Gasteiger partial charge in [-0.05, 0) is 35.7 Å². The number of carboxylic acids is 1. The first-order chi connectivity index (χ1) is 12.4. The van der Waals surface area contributed by atoms with Crippen molar-refractivity contribution in [1.82, 2.24) is 0 Å². The number of ether oxygens (including phenoxy) is 2. The molecule has 0 spiro atoms. The Balaban J connectivity index is 1.97. The van der Waals surface area contributed by atoms with Gasteiger partial charge in [-0.3, -0.25) is 4.79 Å². The van der Waals surface area contributed by atoms with Crippen LogP contribution in [-0.2, 0) is 11.2 Å². The Morgan fingerprint density at radius 1 is 1.12 bits per heavy atom. The minimum atomic E-state index is -1.08. The summed E-state index contributed by atoms with van der Waals surface area (Å²) in [5.41, 5.74) is 1.38. The molecule has 0 aliphatic carbocycles. The second-order valence-electron chi connectivity index (χ2n) is 6.29. The van der Waals surface area contributed by atoms with Crippen molar-refractivity contribution in [2.45, 2.75) is 20.3 Å². The van der Waals surface area contributed by atoms with Gasteiger partial charge in [-0.2, -0.15) is 0 Å². The van der Waals surface area contributed by atoms with Gasteiger partial charge in [0.25, 0.3) is 0 Å². The van der Waals surface area contributed by atoms with E-state index < -0.39 is 5.97 Å². The molecule has 0 aliphatic rings. The minimum absolute atomic E-state index is 0.0440. The van der Waals surface area contributed by atoms with E-state index in [0.29, 0.717) is 18.2 Å². The Labute approximate surface area is 152 Å². The maximum Gasteiger partial charge on any atom is 0.339 e. The van der Waals surface area contributed by atoms with Crippen LogP contribution in [-0.4, -0.2) is 30.7 Å². The molecule has 1 amide bonds. The summed E-state index contributed by atoms with van der Waals surface area (Å²) in [5, 5.41) is 11.8. The number of carboxylic acid groups (broad SMARTS) is 1. The van der Waals surface area contributed by atoms with Gasteiger partial charge in [0, 0.05) is 11.8 Å². The van der Waals surface area contributed by atoms with Gasteiger partial charge in [-0.1, -0.05) is 26.0 Å². The number of hydrogen-bond acceptors (Lipinski definition) is 4. The number of carbonyl (C=O) groups is 2. The fraction of sp³-hybridized carbons (Fsp3) is 0.300. The highest BCUT2D eigenvalue weighted by molar-refractivity contribution is 5.95. The summed E-state index contributed by atoms with van der Waals surface area (Å²) in [4.78, 5) is 23.3. The van der Waals surface area contributed by atoms with Crippen molar-refractivity contribution in [3.8, 4) is 11.5 Å². The zero-order chi connectivity index (χ0) is 19.1. The van der Waals surface area contributed by atoms with Crippen molar-refractivity contribution >= 4 is 17.6 Å². The normalized spacial score (nSPS) is 10.5. The van der Waals surface area contributed by atoms with Crippen LogP contribution in [0.25, 0.3) is 0 Å². The van der Waals surface area contributed by atoms with Crippen molar-refractivity contribution in [3.63, 3.8) is 0 Å². The maximum absolute atomic E-state index is 12.2. The zero-order valence-electron chi connectivity index (χ0n) is 15.1. The van der Waals surface area contributed by atoms with Crippen LogP contribution in [0.3, 0.4) is 0 Å². The first kappa shape index (κ1) is 19.3. The maximum atomic E-state index is 12.2. The summed E-state index contributed by atoms with van der Waals surface area (Å²) in [6, 6.07) is 11.8. The highest BCUT2D eigenvalue weighted by Gasteiger charge is 2.12. The number of amides is 1. The third-order valence-electron chi connectivity index (χ3n) is 3.59. The molecule has 0 saturated carbocycles. The van der Waals surface area contributed by atoms with Crippen molar-refractivity contribution < 1.29 is 24.2 Å². The summed E-state index contributed by atoms with van der Waals surface area (Å²) in [6.07, 6.45) is 0.202. The molecular formula is C20H23NO5.